The summed E-state index contributed by atoms with van der Waals surface area (Å²) in [5.74, 6) is 0.814. The third-order valence-corrected chi connectivity index (χ3v) is 4.72. The van der Waals surface area contributed by atoms with Gasteiger partial charge < -0.3 is 19.3 Å². The van der Waals surface area contributed by atoms with E-state index in [0.29, 0.717) is 29.9 Å². The molecular weight excluding hydrogens is 348 g/mol. The summed E-state index contributed by atoms with van der Waals surface area (Å²) in [7, 11) is 1.32. The number of fused-ring (bicyclic) bond motifs is 1. The minimum atomic E-state index is -0.451. The van der Waals surface area contributed by atoms with Gasteiger partial charge in [-0.3, -0.25) is 4.79 Å². The molecule has 0 saturated carbocycles. The second kappa shape index (κ2) is 10.9. The maximum Gasteiger partial charge on any atom is 0.343 e. The molecule has 1 aromatic rings. The number of carbonyl (C=O) groups excluding carboxylic acids is 2. The lowest BCUT2D eigenvalue weighted by molar-refractivity contribution is -0.142. The minimum absolute atomic E-state index is 0.0912. The van der Waals surface area contributed by atoms with Crippen LogP contribution in [-0.2, 0) is 16.0 Å². The third-order valence-electron chi connectivity index (χ3n) is 4.72. The Bertz CT molecular complexity index is 640. The molecular formula is C21H30O6. The van der Waals surface area contributed by atoms with Crippen LogP contribution in [0.1, 0.15) is 67.8 Å². The number of ether oxygens (including phenoxy) is 3. The zero-order valence-electron chi connectivity index (χ0n) is 16.3. The second-order valence-corrected chi connectivity index (χ2v) is 6.83. The molecule has 150 valence electrons. The summed E-state index contributed by atoms with van der Waals surface area (Å²) in [4.78, 5) is 24.0. The lowest BCUT2D eigenvalue weighted by atomic mass is 9.93. The maximum absolute atomic E-state index is 12.6. The largest absolute Gasteiger partial charge is 0.489 e. The van der Waals surface area contributed by atoms with Crippen LogP contribution in [0.15, 0.2) is 12.1 Å². The summed E-state index contributed by atoms with van der Waals surface area (Å²) < 4.78 is 16.4. The van der Waals surface area contributed by atoms with E-state index in [4.69, 9.17) is 14.6 Å². The SMILES string of the molecule is CCCc1c(OCC(=O)OC)ccc2c1OC(CCCCCCO)CC2=O. The lowest BCUT2D eigenvalue weighted by Gasteiger charge is -2.28. The molecule has 0 amide bonds. The first-order valence-corrected chi connectivity index (χ1v) is 9.76. The molecule has 0 bridgehead atoms. The van der Waals surface area contributed by atoms with E-state index in [0.717, 1.165) is 44.1 Å². The molecule has 0 spiro atoms. The van der Waals surface area contributed by atoms with Crippen LogP contribution in [0.4, 0.5) is 0 Å². The maximum atomic E-state index is 12.6. The van der Waals surface area contributed by atoms with Crippen molar-refractivity contribution in [3.05, 3.63) is 23.3 Å². The summed E-state index contributed by atoms with van der Waals surface area (Å²) in [5, 5.41) is 8.85. The van der Waals surface area contributed by atoms with E-state index in [1.807, 2.05) is 6.92 Å². The Kier molecular flexibility index (Phi) is 8.58. The Morgan fingerprint density at radius 2 is 2.04 bits per heavy atom. The fourth-order valence-electron chi connectivity index (χ4n) is 3.30. The fraction of sp³-hybridized carbons (Fsp3) is 0.619. The molecule has 1 N–H and O–H groups in total. The van der Waals surface area contributed by atoms with Crippen molar-refractivity contribution in [2.45, 2.75) is 64.4 Å². The molecule has 1 atom stereocenters. The normalized spacial score (nSPS) is 15.8. The van der Waals surface area contributed by atoms with Gasteiger partial charge in [0.25, 0.3) is 0 Å². The van der Waals surface area contributed by atoms with Gasteiger partial charge in [-0.15, -0.1) is 0 Å². The highest BCUT2D eigenvalue weighted by molar-refractivity contribution is 6.00. The van der Waals surface area contributed by atoms with Gasteiger partial charge in [-0.2, -0.15) is 0 Å². The molecule has 1 unspecified atom stereocenters. The molecule has 0 aliphatic carbocycles. The summed E-state index contributed by atoms with van der Waals surface area (Å²) in [6.45, 7) is 2.10. The molecule has 1 aliphatic rings. The third kappa shape index (κ3) is 5.96. The van der Waals surface area contributed by atoms with Crippen LogP contribution in [0.3, 0.4) is 0 Å². The van der Waals surface area contributed by atoms with Crippen molar-refractivity contribution in [3.63, 3.8) is 0 Å². The fourth-order valence-corrected chi connectivity index (χ4v) is 3.30. The topological polar surface area (TPSA) is 82.1 Å². The monoisotopic (exact) mass is 378 g/mol. The number of aliphatic hydroxyl groups is 1. The van der Waals surface area contributed by atoms with Crippen LogP contribution < -0.4 is 9.47 Å². The van der Waals surface area contributed by atoms with Gasteiger partial charge in [0.05, 0.1) is 12.7 Å². The summed E-state index contributed by atoms with van der Waals surface area (Å²) in [5.41, 5.74) is 1.44. The number of hydrogen-bond donors (Lipinski definition) is 1. The van der Waals surface area contributed by atoms with Gasteiger partial charge in [0, 0.05) is 18.6 Å². The van der Waals surface area contributed by atoms with Crippen molar-refractivity contribution >= 4 is 11.8 Å². The van der Waals surface area contributed by atoms with Gasteiger partial charge in [-0.25, -0.2) is 4.79 Å². The summed E-state index contributed by atoms with van der Waals surface area (Å²) in [6, 6.07) is 3.46. The first-order valence-electron chi connectivity index (χ1n) is 9.76. The van der Waals surface area contributed by atoms with Gasteiger partial charge in [-0.05, 0) is 37.8 Å². The van der Waals surface area contributed by atoms with Crippen molar-refractivity contribution in [2.24, 2.45) is 0 Å². The zero-order chi connectivity index (χ0) is 19.6. The number of methoxy groups -OCH3 is 1. The average Bonchev–Trinajstić information content (AvgIpc) is 2.67. The molecule has 1 aromatic carbocycles. The Labute approximate surface area is 160 Å². The van der Waals surface area contributed by atoms with Crippen molar-refractivity contribution in [1.29, 1.82) is 0 Å². The van der Waals surface area contributed by atoms with Gasteiger partial charge in [0.1, 0.15) is 17.6 Å². The van der Waals surface area contributed by atoms with Crippen molar-refractivity contribution in [3.8, 4) is 11.5 Å². The molecule has 6 nitrogen and oxygen atoms in total. The van der Waals surface area contributed by atoms with E-state index in [1.165, 1.54) is 7.11 Å². The molecule has 6 heteroatoms. The van der Waals surface area contributed by atoms with E-state index in [9.17, 15) is 9.59 Å². The van der Waals surface area contributed by atoms with Crippen LogP contribution in [0.2, 0.25) is 0 Å². The van der Waals surface area contributed by atoms with Gasteiger partial charge in [0.2, 0.25) is 0 Å². The Morgan fingerprint density at radius 1 is 1.26 bits per heavy atom. The van der Waals surface area contributed by atoms with Gasteiger partial charge >= 0.3 is 5.97 Å². The van der Waals surface area contributed by atoms with E-state index >= 15 is 0 Å². The smallest absolute Gasteiger partial charge is 0.343 e. The van der Waals surface area contributed by atoms with Crippen LogP contribution in [0.25, 0.3) is 0 Å². The number of ketones is 1. The van der Waals surface area contributed by atoms with E-state index < -0.39 is 5.97 Å². The number of Topliss-reactive ketones (excluding diaryl/α,β-unsaturated/α-hetero) is 1. The predicted molar refractivity (Wildman–Crippen MR) is 101 cm³/mol. The second-order valence-electron chi connectivity index (χ2n) is 6.83. The van der Waals surface area contributed by atoms with Crippen molar-refractivity contribution in [2.75, 3.05) is 20.3 Å². The average molecular weight is 378 g/mol. The van der Waals surface area contributed by atoms with E-state index in [2.05, 4.69) is 4.74 Å². The minimum Gasteiger partial charge on any atom is -0.489 e. The Hall–Kier alpha value is -2.08. The molecule has 1 aliphatic heterocycles. The zero-order valence-corrected chi connectivity index (χ0v) is 16.3. The van der Waals surface area contributed by atoms with E-state index in [-0.39, 0.29) is 25.1 Å². The number of carbonyl (C=O) groups is 2. The van der Waals surface area contributed by atoms with Gasteiger partial charge in [0.15, 0.2) is 12.4 Å². The first-order chi connectivity index (χ1) is 13.1. The summed E-state index contributed by atoms with van der Waals surface area (Å²) >= 11 is 0. The number of aliphatic hydroxyl groups excluding tert-OH is 1. The Morgan fingerprint density at radius 3 is 2.74 bits per heavy atom. The number of benzene rings is 1. The lowest BCUT2D eigenvalue weighted by Crippen LogP contribution is -2.28. The highest BCUT2D eigenvalue weighted by Gasteiger charge is 2.29. The van der Waals surface area contributed by atoms with Gasteiger partial charge in [-0.1, -0.05) is 26.2 Å². The van der Waals surface area contributed by atoms with Crippen LogP contribution >= 0.6 is 0 Å². The van der Waals surface area contributed by atoms with Crippen LogP contribution in [0, 0.1) is 0 Å². The highest BCUT2D eigenvalue weighted by atomic mass is 16.6. The molecule has 0 saturated heterocycles. The first kappa shape index (κ1) is 21.2. The molecule has 0 radical (unpaired) electrons. The molecule has 27 heavy (non-hydrogen) atoms. The van der Waals surface area contributed by atoms with Crippen molar-refractivity contribution in [1.82, 2.24) is 0 Å². The van der Waals surface area contributed by atoms with Crippen LogP contribution in [0.5, 0.6) is 11.5 Å². The number of unbranched alkanes of at least 4 members (excludes halogenated alkanes) is 3. The number of esters is 1. The molecule has 0 fully saturated rings. The number of hydrogen-bond acceptors (Lipinski definition) is 6. The quantitative estimate of drug-likeness (QED) is 0.469. The molecule has 2 rings (SSSR count). The highest BCUT2D eigenvalue weighted by Crippen LogP contribution is 2.38. The summed E-state index contributed by atoms with van der Waals surface area (Å²) in [6.07, 6.45) is 6.43. The predicted octanol–water partition coefficient (Wildman–Crippen LogP) is 3.47. The van der Waals surface area contributed by atoms with E-state index in [1.54, 1.807) is 12.1 Å². The standard InChI is InChI=1S/C21H30O6/c1-3-8-17-19(26-14-20(24)25-2)11-10-16-18(23)13-15(27-21(16)17)9-6-4-5-7-12-22/h10-11,15,22H,3-9,12-14H2,1-2H3. The van der Waals surface area contributed by atoms with Crippen LogP contribution in [-0.4, -0.2) is 43.3 Å². The Balaban J connectivity index is 2.13. The molecule has 0 aromatic heterocycles. The number of rotatable bonds is 11. The molecule has 1 heterocycles. The van der Waals surface area contributed by atoms with Crippen molar-refractivity contribution < 1.29 is 28.9 Å².